The predicted octanol–water partition coefficient (Wildman–Crippen LogP) is 0.544. The average molecular weight is 410 g/mol. The van der Waals surface area contributed by atoms with E-state index in [1.165, 1.54) is 13.8 Å². The van der Waals surface area contributed by atoms with E-state index >= 15 is 0 Å². The van der Waals surface area contributed by atoms with E-state index in [4.69, 9.17) is 13.8 Å². The summed E-state index contributed by atoms with van der Waals surface area (Å²) in [5, 5.41) is 16.5. The molecule has 1 heterocycles. The number of carbonyl (C=O) groups is 2. The van der Waals surface area contributed by atoms with Crippen LogP contribution in [-0.4, -0.2) is 60.0 Å². The Morgan fingerprint density at radius 3 is 2.46 bits per heavy atom. The van der Waals surface area contributed by atoms with Gasteiger partial charge in [-0.1, -0.05) is 0 Å². The minimum absolute atomic E-state index is 0.0243. The van der Waals surface area contributed by atoms with Gasteiger partial charge in [-0.25, -0.2) is 0 Å². The Hall–Kier alpha value is -0.360. The van der Waals surface area contributed by atoms with Crippen LogP contribution in [0.5, 0.6) is 0 Å². The molecule has 0 bridgehead atoms. The van der Waals surface area contributed by atoms with E-state index < -0.39 is 30.0 Å². The number of nitrogens with one attached hydrogen (secondary N) is 2. The van der Waals surface area contributed by atoms with Crippen LogP contribution in [0.4, 0.5) is 0 Å². The SMILES string of the molecule is CC(=O)NCC[C@H]1CC(C)(C)O[C@@H]([C@H](O)[C@@H](COP)OP)[C@@H]1NC(C)=O. The molecule has 1 fully saturated rings. The lowest BCUT2D eigenvalue weighted by molar-refractivity contribution is -0.195. The van der Waals surface area contributed by atoms with E-state index in [0.29, 0.717) is 19.4 Å². The second-order valence-corrected chi connectivity index (χ2v) is 7.91. The van der Waals surface area contributed by atoms with Crippen LogP contribution in [0.2, 0.25) is 0 Å². The highest BCUT2D eigenvalue weighted by atomic mass is 31.0. The minimum atomic E-state index is -1.01. The topological polar surface area (TPSA) is 106 Å². The minimum Gasteiger partial charge on any atom is -0.388 e. The number of aliphatic hydroxyl groups is 1. The van der Waals surface area contributed by atoms with Gasteiger partial charge in [0.15, 0.2) is 0 Å². The summed E-state index contributed by atoms with van der Waals surface area (Å²) >= 11 is 0. The van der Waals surface area contributed by atoms with Crippen molar-refractivity contribution in [1.29, 1.82) is 0 Å². The maximum Gasteiger partial charge on any atom is 0.217 e. The molecule has 0 aromatic rings. The fraction of sp³-hybridized carbons (Fsp3) is 0.875. The van der Waals surface area contributed by atoms with Gasteiger partial charge in [-0.05, 0) is 32.6 Å². The molecule has 2 amide bonds. The fourth-order valence-electron chi connectivity index (χ4n) is 3.47. The highest BCUT2D eigenvalue weighted by Gasteiger charge is 2.47. The molecule has 1 aliphatic heterocycles. The quantitative estimate of drug-likeness (QED) is 0.479. The van der Waals surface area contributed by atoms with Gasteiger partial charge in [0.1, 0.15) is 18.3 Å². The molecule has 152 valence electrons. The van der Waals surface area contributed by atoms with Crippen LogP contribution in [0, 0.1) is 5.92 Å². The second kappa shape index (κ2) is 10.8. The third-order valence-corrected chi connectivity index (χ3v) is 5.02. The zero-order valence-electron chi connectivity index (χ0n) is 15.9. The molecule has 0 spiro atoms. The van der Waals surface area contributed by atoms with Crippen LogP contribution in [0.1, 0.15) is 40.5 Å². The van der Waals surface area contributed by atoms with Gasteiger partial charge in [0.2, 0.25) is 11.8 Å². The zero-order chi connectivity index (χ0) is 19.9. The summed E-state index contributed by atoms with van der Waals surface area (Å²) in [6.45, 7) is 7.45. The van der Waals surface area contributed by atoms with Gasteiger partial charge in [0.25, 0.3) is 0 Å². The molecule has 10 heteroatoms. The van der Waals surface area contributed by atoms with Crippen molar-refractivity contribution in [3.8, 4) is 0 Å². The van der Waals surface area contributed by atoms with Crippen molar-refractivity contribution < 1.29 is 28.5 Å². The molecule has 8 nitrogen and oxygen atoms in total. The molecule has 26 heavy (non-hydrogen) atoms. The van der Waals surface area contributed by atoms with Crippen molar-refractivity contribution in [1.82, 2.24) is 10.6 Å². The Bertz CT molecular complexity index is 480. The number of ether oxygens (including phenoxy) is 1. The van der Waals surface area contributed by atoms with E-state index in [9.17, 15) is 14.7 Å². The van der Waals surface area contributed by atoms with Gasteiger partial charge in [0, 0.05) is 39.3 Å². The summed E-state index contributed by atoms with van der Waals surface area (Å²) in [5.41, 5.74) is -0.491. The number of aliphatic hydroxyl groups excluding tert-OH is 1. The first-order valence-corrected chi connectivity index (χ1v) is 9.60. The first kappa shape index (κ1) is 23.7. The molecule has 0 saturated carbocycles. The van der Waals surface area contributed by atoms with Gasteiger partial charge in [0.05, 0.1) is 18.2 Å². The molecule has 7 atom stereocenters. The van der Waals surface area contributed by atoms with Crippen LogP contribution in [0.15, 0.2) is 0 Å². The molecule has 1 rings (SSSR count). The molecule has 1 saturated heterocycles. The predicted molar refractivity (Wildman–Crippen MR) is 104 cm³/mol. The Morgan fingerprint density at radius 2 is 1.96 bits per heavy atom. The van der Waals surface area contributed by atoms with Gasteiger partial charge >= 0.3 is 0 Å². The molecule has 0 radical (unpaired) electrons. The van der Waals surface area contributed by atoms with E-state index in [1.54, 1.807) is 0 Å². The van der Waals surface area contributed by atoms with Crippen molar-refractivity contribution in [2.45, 2.75) is 70.5 Å². The molecule has 3 N–H and O–H groups in total. The van der Waals surface area contributed by atoms with E-state index in [2.05, 4.69) is 29.6 Å². The van der Waals surface area contributed by atoms with Crippen LogP contribution >= 0.6 is 18.9 Å². The number of amides is 2. The lowest BCUT2D eigenvalue weighted by Crippen LogP contribution is -2.62. The number of hydrogen-bond acceptors (Lipinski definition) is 6. The largest absolute Gasteiger partial charge is 0.388 e. The molecule has 0 aromatic heterocycles. The number of rotatable bonds is 9. The van der Waals surface area contributed by atoms with E-state index in [1.807, 2.05) is 13.8 Å². The van der Waals surface area contributed by atoms with Gasteiger partial charge < -0.3 is 29.5 Å². The summed E-state index contributed by atoms with van der Waals surface area (Å²) in [6, 6.07) is -0.406. The third kappa shape index (κ3) is 7.34. The highest BCUT2D eigenvalue weighted by Crippen LogP contribution is 2.37. The molecule has 0 aromatic carbocycles. The van der Waals surface area contributed by atoms with Crippen molar-refractivity contribution in [3.05, 3.63) is 0 Å². The van der Waals surface area contributed by atoms with Gasteiger partial charge in [-0.3, -0.25) is 9.59 Å². The molecule has 2 unspecified atom stereocenters. The summed E-state index contributed by atoms with van der Waals surface area (Å²) in [5.74, 6) is -0.278. The Kier molecular flexibility index (Phi) is 9.87. The highest BCUT2D eigenvalue weighted by molar-refractivity contribution is 7.10. The summed E-state index contributed by atoms with van der Waals surface area (Å²) in [4.78, 5) is 22.9. The first-order chi connectivity index (χ1) is 12.1. The van der Waals surface area contributed by atoms with Crippen LogP contribution in [0.3, 0.4) is 0 Å². The molecule has 0 aliphatic carbocycles. The maximum atomic E-state index is 11.8. The van der Waals surface area contributed by atoms with Crippen molar-refractivity contribution in [3.63, 3.8) is 0 Å². The third-order valence-electron chi connectivity index (χ3n) is 4.48. The molecular formula is C16H32N2O6P2. The first-order valence-electron chi connectivity index (χ1n) is 8.66. The lowest BCUT2D eigenvalue weighted by Gasteiger charge is -2.48. The normalized spacial score (nSPS) is 27.4. The Labute approximate surface area is 160 Å². The lowest BCUT2D eigenvalue weighted by atomic mass is 9.77. The standard InChI is InChI=1S/C16H32N2O6P2/c1-9(19)17-6-5-11-7-16(3,4)23-15(13(11)18-10(2)20)14(21)12(24-26)8-22-25/h11-15,21H,5-8,25-26H2,1-4H3,(H,17,19)(H,18,20)/t11-,12+,13+,14+,15+/m0/s1. The van der Waals surface area contributed by atoms with Crippen LogP contribution in [0.25, 0.3) is 0 Å². The van der Waals surface area contributed by atoms with Gasteiger partial charge in [-0.15, -0.1) is 0 Å². The maximum absolute atomic E-state index is 11.8. The molecule has 1 aliphatic rings. The average Bonchev–Trinajstić information content (AvgIpc) is 2.53. The van der Waals surface area contributed by atoms with Crippen LogP contribution < -0.4 is 10.6 Å². The summed E-state index contributed by atoms with van der Waals surface area (Å²) < 4.78 is 16.4. The summed E-state index contributed by atoms with van der Waals surface area (Å²) in [6.07, 6.45) is -0.965. The Balaban J connectivity index is 3.04. The Morgan fingerprint density at radius 1 is 1.31 bits per heavy atom. The summed E-state index contributed by atoms with van der Waals surface area (Å²) in [7, 11) is 4.25. The van der Waals surface area contributed by atoms with Gasteiger partial charge in [-0.2, -0.15) is 0 Å². The molecular weight excluding hydrogens is 378 g/mol. The zero-order valence-corrected chi connectivity index (χ0v) is 18.2. The van der Waals surface area contributed by atoms with Crippen molar-refractivity contribution in [2.75, 3.05) is 13.2 Å². The number of carbonyl (C=O) groups excluding carboxylic acids is 2. The second-order valence-electron chi connectivity index (χ2n) is 7.30. The van der Waals surface area contributed by atoms with Crippen molar-refractivity contribution >= 4 is 30.7 Å². The monoisotopic (exact) mass is 410 g/mol. The van der Waals surface area contributed by atoms with E-state index in [0.717, 1.165) is 0 Å². The van der Waals surface area contributed by atoms with Crippen molar-refractivity contribution in [2.24, 2.45) is 5.92 Å². The number of hydrogen-bond donors (Lipinski definition) is 3. The van der Waals surface area contributed by atoms with E-state index in [-0.39, 0.29) is 24.3 Å². The van der Waals surface area contributed by atoms with Crippen LogP contribution in [-0.2, 0) is 23.4 Å². The smallest absolute Gasteiger partial charge is 0.217 e. The fourth-order valence-corrected chi connectivity index (χ4v) is 3.90.